The highest BCUT2D eigenvalue weighted by Crippen LogP contribution is 2.20. The van der Waals surface area contributed by atoms with E-state index in [2.05, 4.69) is 25.2 Å². The monoisotopic (exact) mass is 259 g/mol. The van der Waals surface area contributed by atoms with E-state index < -0.39 is 10.8 Å². The molecule has 2 nitrogen and oxygen atoms in total. The van der Waals surface area contributed by atoms with Crippen LogP contribution in [0.3, 0.4) is 0 Å². The third kappa shape index (κ3) is 4.36. The molecule has 0 aliphatic carbocycles. The minimum absolute atomic E-state index is 0.290. The van der Waals surface area contributed by atoms with Crippen molar-refractivity contribution in [1.82, 2.24) is 5.32 Å². The van der Waals surface area contributed by atoms with Crippen molar-refractivity contribution in [3.8, 4) is 0 Å². The maximum absolute atomic E-state index is 11.2. The maximum Gasteiger partial charge on any atom is 0.0329 e. The molecule has 0 saturated heterocycles. The molecular weight excluding hydrogens is 238 g/mol. The van der Waals surface area contributed by atoms with Gasteiger partial charge in [-0.05, 0) is 38.4 Å². The second kappa shape index (κ2) is 6.52. The van der Waals surface area contributed by atoms with Crippen LogP contribution in [0.15, 0.2) is 6.07 Å². The van der Waals surface area contributed by atoms with Gasteiger partial charge in [-0.1, -0.05) is 6.92 Å². The van der Waals surface area contributed by atoms with Crippen LogP contribution in [0, 0.1) is 13.8 Å². The molecule has 1 heterocycles. The van der Waals surface area contributed by atoms with Crippen LogP contribution < -0.4 is 5.32 Å². The Labute approximate surface area is 105 Å². The van der Waals surface area contributed by atoms with Crippen LogP contribution in [0.2, 0.25) is 0 Å². The highest BCUT2D eigenvalue weighted by molar-refractivity contribution is 7.84. The Kier molecular flexibility index (Phi) is 5.66. The molecule has 0 aromatic carbocycles. The highest BCUT2D eigenvalue weighted by Gasteiger charge is 2.06. The van der Waals surface area contributed by atoms with E-state index >= 15 is 0 Å². The van der Waals surface area contributed by atoms with E-state index in [1.54, 1.807) is 6.26 Å². The van der Waals surface area contributed by atoms with Crippen molar-refractivity contribution in [2.75, 3.05) is 12.8 Å². The van der Waals surface area contributed by atoms with Crippen LogP contribution in [-0.2, 0) is 17.3 Å². The summed E-state index contributed by atoms with van der Waals surface area (Å²) in [5.74, 6) is 0. The predicted molar refractivity (Wildman–Crippen MR) is 73.6 cm³/mol. The molecule has 0 spiro atoms. The molecule has 0 radical (unpaired) electrons. The van der Waals surface area contributed by atoms with Crippen molar-refractivity contribution in [2.45, 2.75) is 39.0 Å². The minimum Gasteiger partial charge on any atom is -0.313 e. The van der Waals surface area contributed by atoms with E-state index in [4.69, 9.17) is 0 Å². The molecule has 16 heavy (non-hydrogen) atoms. The van der Waals surface area contributed by atoms with E-state index in [1.807, 2.05) is 18.3 Å². The van der Waals surface area contributed by atoms with Gasteiger partial charge in [0.25, 0.3) is 0 Å². The van der Waals surface area contributed by atoms with E-state index in [1.165, 1.54) is 15.3 Å². The average molecular weight is 259 g/mol. The van der Waals surface area contributed by atoms with Crippen molar-refractivity contribution in [3.63, 3.8) is 0 Å². The molecule has 1 rings (SSSR count). The van der Waals surface area contributed by atoms with Crippen LogP contribution in [-0.4, -0.2) is 22.3 Å². The van der Waals surface area contributed by atoms with Gasteiger partial charge >= 0.3 is 0 Å². The lowest BCUT2D eigenvalue weighted by Gasteiger charge is -2.08. The topological polar surface area (TPSA) is 29.1 Å². The second-order valence-electron chi connectivity index (χ2n) is 4.21. The zero-order valence-corrected chi connectivity index (χ0v) is 12.1. The normalized spacial score (nSPS) is 15.0. The number of hydrogen-bond donors (Lipinski definition) is 1. The number of nitrogens with one attached hydrogen (secondary N) is 1. The summed E-state index contributed by atoms with van der Waals surface area (Å²) in [6, 6.07) is 2.24. The van der Waals surface area contributed by atoms with Gasteiger partial charge in [-0.3, -0.25) is 4.21 Å². The molecule has 2 atom stereocenters. The van der Waals surface area contributed by atoms with Gasteiger partial charge in [0.15, 0.2) is 0 Å². The molecule has 2 unspecified atom stereocenters. The van der Waals surface area contributed by atoms with Gasteiger partial charge in [0, 0.05) is 38.6 Å². The quantitative estimate of drug-likeness (QED) is 0.796. The predicted octanol–water partition coefficient (Wildman–Crippen LogP) is 2.61. The summed E-state index contributed by atoms with van der Waals surface area (Å²) in [4.78, 5) is 2.77. The third-order valence-electron chi connectivity index (χ3n) is 2.75. The molecule has 0 amide bonds. The van der Waals surface area contributed by atoms with E-state index in [-0.39, 0.29) is 5.25 Å². The van der Waals surface area contributed by atoms with Gasteiger partial charge in [-0.2, -0.15) is 0 Å². The Balaban J connectivity index is 2.26. The molecule has 4 heteroatoms. The zero-order chi connectivity index (χ0) is 12.1. The molecule has 1 aromatic heterocycles. The van der Waals surface area contributed by atoms with Crippen LogP contribution in [0.5, 0.6) is 0 Å². The minimum atomic E-state index is -0.696. The van der Waals surface area contributed by atoms with Crippen molar-refractivity contribution >= 4 is 22.1 Å². The first-order valence-electron chi connectivity index (χ1n) is 5.59. The fourth-order valence-electron chi connectivity index (χ4n) is 1.55. The zero-order valence-electron chi connectivity index (χ0n) is 10.5. The summed E-state index contributed by atoms with van der Waals surface area (Å²) in [5.41, 5.74) is 1.40. The molecule has 0 saturated carbocycles. The third-order valence-corrected chi connectivity index (χ3v) is 5.13. The summed E-state index contributed by atoms with van der Waals surface area (Å²) >= 11 is 1.85. The smallest absolute Gasteiger partial charge is 0.0329 e. The first-order valence-corrected chi connectivity index (χ1v) is 8.03. The van der Waals surface area contributed by atoms with Crippen LogP contribution in [0.1, 0.15) is 28.7 Å². The first kappa shape index (κ1) is 13.9. The number of aryl methyl sites for hydroxylation is 2. The average Bonchev–Trinajstić information content (AvgIpc) is 2.51. The second-order valence-corrected chi connectivity index (χ2v) is 7.48. The fraction of sp³-hybridized carbons (Fsp3) is 0.667. The Morgan fingerprint density at radius 3 is 2.69 bits per heavy atom. The molecular formula is C12H21NOS2. The molecule has 0 aliphatic heterocycles. The lowest BCUT2D eigenvalue weighted by atomic mass is 10.2. The summed E-state index contributed by atoms with van der Waals surface area (Å²) in [6.45, 7) is 8.22. The number of hydrogen-bond acceptors (Lipinski definition) is 3. The standard InChI is InChI=1S/C12H21NOS2/c1-9-7-12(11(3)15-9)8-13-6-5-10(2)16(4)14/h7,10,13H,5-6,8H2,1-4H3. The molecule has 0 fully saturated rings. The number of rotatable bonds is 6. The maximum atomic E-state index is 11.2. The Hall–Kier alpha value is -0.190. The van der Waals surface area contributed by atoms with E-state index in [0.717, 1.165) is 19.5 Å². The van der Waals surface area contributed by atoms with Crippen molar-refractivity contribution < 1.29 is 4.21 Å². The van der Waals surface area contributed by atoms with Crippen LogP contribution >= 0.6 is 11.3 Å². The lowest BCUT2D eigenvalue weighted by molar-refractivity contribution is 0.628. The van der Waals surface area contributed by atoms with Gasteiger partial charge in [-0.25, -0.2) is 0 Å². The van der Waals surface area contributed by atoms with Crippen molar-refractivity contribution in [3.05, 3.63) is 21.4 Å². The summed E-state index contributed by atoms with van der Waals surface area (Å²) in [7, 11) is -0.696. The van der Waals surface area contributed by atoms with Gasteiger partial charge in [0.1, 0.15) is 0 Å². The van der Waals surface area contributed by atoms with Crippen molar-refractivity contribution in [1.29, 1.82) is 0 Å². The molecule has 92 valence electrons. The Bertz CT molecular complexity index is 360. The van der Waals surface area contributed by atoms with Crippen LogP contribution in [0.25, 0.3) is 0 Å². The van der Waals surface area contributed by atoms with Gasteiger partial charge in [0.05, 0.1) is 0 Å². The SMILES string of the molecule is Cc1cc(CNCCC(C)S(C)=O)c(C)s1. The lowest BCUT2D eigenvalue weighted by Crippen LogP contribution is -2.20. The molecule has 0 bridgehead atoms. The van der Waals surface area contributed by atoms with Crippen molar-refractivity contribution in [2.24, 2.45) is 0 Å². The summed E-state index contributed by atoms with van der Waals surface area (Å²) in [5, 5.41) is 3.70. The Morgan fingerprint density at radius 2 is 2.19 bits per heavy atom. The largest absolute Gasteiger partial charge is 0.313 e. The molecule has 1 aromatic rings. The van der Waals surface area contributed by atoms with Gasteiger partial charge in [-0.15, -0.1) is 11.3 Å². The molecule has 0 aliphatic rings. The van der Waals surface area contributed by atoms with E-state index in [9.17, 15) is 4.21 Å². The summed E-state index contributed by atoms with van der Waals surface area (Å²) < 4.78 is 11.2. The Morgan fingerprint density at radius 1 is 1.50 bits per heavy atom. The molecule has 1 N–H and O–H groups in total. The van der Waals surface area contributed by atoms with Gasteiger partial charge < -0.3 is 5.32 Å². The first-order chi connectivity index (χ1) is 7.50. The highest BCUT2D eigenvalue weighted by atomic mass is 32.2. The summed E-state index contributed by atoms with van der Waals surface area (Å²) in [6.07, 6.45) is 2.75. The number of thiophene rings is 1. The van der Waals surface area contributed by atoms with Gasteiger partial charge in [0.2, 0.25) is 0 Å². The van der Waals surface area contributed by atoms with E-state index in [0.29, 0.717) is 0 Å². The van der Waals surface area contributed by atoms with Crippen LogP contribution in [0.4, 0.5) is 0 Å². The fourth-order valence-corrected chi connectivity index (χ4v) is 2.95.